The van der Waals surface area contributed by atoms with Crippen molar-refractivity contribution >= 4 is 29.9 Å². The van der Waals surface area contributed by atoms with Crippen molar-refractivity contribution in [2.75, 3.05) is 19.6 Å². The van der Waals surface area contributed by atoms with Gasteiger partial charge in [0, 0.05) is 25.7 Å². The van der Waals surface area contributed by atoms with Crippen molar-refractivity contribution in [3.05, 3.63) is 34.3 Å². The molecule has 0 radical (unpaired) electrons. The van der Waals surface area contributed by atoms with Crippen LogP contribution >= 0.6 is 24.0 Å². The van der Waals surface area contributed by atoms with Crippen LogP contribution in [0.25, 0.3) is 0 Å². The maximum atomic E-state index is 12.3. The van der Waals surface area contributed by atoms with E-state index in [1.54, 1.807) is 6.07 Å². The number of aryl methyl sites for hydroxylation is 1. The molecule has 0 spiro atoms. The Morgan fingerprint density at radius 2 is 2.22 bits per heavy atom. The van der Waals surface area contributed by atoms with Gasteiger partial charge < -0.3 is 10.2 Å². The van der Waals surface area contributed by atoms with E-state index in [1.807, 2.05) is 24.0 Å². The second kappa shape index (κ2) is 6.41. The highest BCUT2D eigenvalue weighted by Crippen LogP contribution is 2.22. The lowest BCUT2D eigenvalue weighted by Crippen LogP contribution is -2.51. The fourth-order valence-electron chi connectivity index (χ4n) is 2.10. The van der Waals surface area contributed by atoms with E-state index in [2.05, 4.69) is 12.2 Å². The maximum absolute atomic E-state index is 12.3. The van der Waals surface area contributed by atoms with Gasteiger partial charge in [0.15, 0.2) is 0 Å². The molecular formula is C13H18Cl2N2O. The molecule has 1 amide bonds. The van der Waals surface area contributed by atoms with Crippen LogP contribution in [0.5, 0.6) is 0 Å². The molecule has 3 nitrogen and oxygen atoms in total. The highest BCUT2D eigenvalue weighted by molar-refractivity contribution is 6.34. The summed E-state index contributed by atoms with van der Waals surface area (Å²) in [5.74, 6) is 0.0343. The SMILES string of the molecule is Cc1cccc(C(=O)N2CCNC(C)C2)c1Cl.Cl. The zero-order valence-corrected chi connectivity index (χ0v) is 12.1. The number of amides is 1. The van der Waals surface area contributed by atoms with E-state index in [0.717, 1.165) is 25.2 Å². The van der Waals surface area contributed by atoms with E-state index in [-0.39, 0.29) is 18.3 Å². The number of nitrogens with one attached hydrogen (secondary N) is 1. The van der Waals surface area contributed by atoms with Gasteiger partial charge >= 0.3 is 0 Å². The molecule has 1 fully saturated rings. The third-order valence-electron chi connectivity index (χ3n) is 3.08. The topological polar surface area (TPSA) is 32.3 Å². The molecule has 1 unspecified atom stereocenters. The number of hydrogen-bond acceptors (Lipinski definition) is 2. The lowest BCUT2D eigenvalue weighted by molar-refractivity contribution is 0.0709. The number of rotatable bonds is 1. The van der Waals surface area contributed by atoms with E-state index < -0.39 is 0 Å². The zero-order valence-electron chi connectivity index (χ0n) is 10.6. The lowest BCUT2D eigenvalue weighted by atomic mass is 10.1. The third kappa shape index (κ3) is 3.16. The summed E-state index contributed by atoms with van der Waals surface area (Å²) >= 11 is 6.18. The fourth-order valence-corrected chi connectivity index (χ4v) is 2.31. The van der Waals surface area contributed by atoms with Crippen LogP contribution in [0.2, 0.25) is 5.02 Å². The van der Waals surface area contributed by atoms with Crippen LogP contribution in [-0.4, -0.2) is 36.5 Å². The van der Waals surface area contributed by atoms with E-state index in [4.69, 9.17) is 11.6 Å². The van der Waals surface area contributed by atoms with Gasteiger partial charge in [0.05, 0.1) is 10.6 Å². The van der Waals surface area contributed by atoms with Gasteiger partial charge in [-0.15, -0.1) is 12.4 Å². The second-order valence-electron chi connectivity index (χ2n) is 4.54. The van der Waals surface area contributed by atoms with Crippen LogP contribution in [0.3, 0.4) is 0 Å². The summed E-state index contributed by atoms with van der Waals surface area (Å²) in [6.07, 6.45) is 0. The monoisotopic (exact) mass is 288 g/mol. The van der Waals surface area contributed by atoms with E-state index in [0.29, 0.717) is 16.6 Å². The van der Waals surface area contributed by atoms with Crippen molar-refractivity contribution in [1.29, 1.82) is 0 Å². The number of halogens is 2. The van der Waals surface area contributed by atoms with Crippen LogP contribution < -0.4 is 5.32 Å². The standard InChI is InChI=1S/C13H17ClN2O.ClH/c1-9-4-3-5-11(12(9)14)13(17)16-7-6-15-10(2)8-16;/h3-5,10,15H,6-8H2,1-2H3;1H. The average Bonchev–Trinajstić information content (AvgIpc) is 2.32. The van der Waals surface area contributed by atoms with Gasteiger partial charge in [0.2, 0.25) is 0 Å². The molecule has 0 aromatic heterocycles. The molecule has 0 aliphatic carbocycles. The first kappa shape index (κ1) is 15.3. The van der Waals surface area contributed by atoms with Gasteiger partial charge in [-0.2, -0.15) is 0 Å². The van der Waals surface area contributed by atoms with Gasteiger partial charge in [-0.05, 0) is 25.5 Å². The molecule has 1 aliphatic heterocycles. The summed E-state index contributed by atoms with van der Waals surface area (Å²) in [7, 11) is 0. The Kier molecular flexibility index (Phi) is 5.45. The quantitative estimate of drug-likeness (QED) is 0.861. The third-order valence-corrected chi connectivity index (χ3v) is 3.58. The number of carbonyl (C=O) groups excluding carboxylic acids is 1. The van der Waals surface area contributed by atoms with Gasteiger partial charge in [-0.3, -0.25) is 4.79 Å². The highest BCUT2D eigenvalue weighted by atomic mass is 35.5. The zero-order chi connectivity index (χ0) is 12.4. The molecule has 1 atom stereocenters. The van der Waals surface area contributed by atoms with Gasteiger partial charge in [-0.1, -0.05) is 23.7 Å². The van der Waals surface area contributed by atoms with E-state index in [1.165, 1.54) is 0 Å². The van der Waals surface area contributed by atoms with Crippen LogP contribution in [0.1, 0.15) is 22.8 Å². The normalized spacial score (nSPS) is 19.3. The van der Waals surface area contributed by atoms with Crippen molar-refractivity contribution in [1.82, 2.24) is 10.2 Å². The van der Waals surface area contributed by atoms with Gasteiger partial charge in [-0.25, -0.2) is 0 Å². The molecule has 1 heterocycles. The number of nitrogens with zero attached hydrogens (tertiary/aromatic N) is 1. The summed E-state index contributed by atoms with van der Waals surface area (Å²) < 4.78 is 0. The van der Waals surface area contributed by atoms with Crippen LogP contribution in [0.15, 0.2) is 18.2 Å². The minimum absolute atomic E-state index is 0. The average molecular weight is 289 g/mol. The van der Waals surface area contributed by atoms with E-state index >= 15 is 0 Å². The van der Waals surface area contributed by atoms with Crippen LogP contribution in [-0.2, 0) is 0 Å². The molecular weight excluding hydrogens is 271 g/mol. The minimum Gasteiger partial charge on any atom is -0.336 e. The Bertz CT molecular complexity index is 437. The Hall–Kier alpha value is -0.770. The Morgan fingerprint density at radius 3 is 2.89 bits per heavy atom. The molecule has 1 aromatic carbocycles. The highest BCUT2D eigenvalue weighted by Gasteiger charge is 2.23. The number of piperazine rings is 1. The summed E-state index contributed by atoms with van der Waals surface area (Å²) in [4.78, 5) is 14.2. The molecule has 100 valence electrons. The first-order valence-corrected chi connectivity index (χ1v) is 6.25. The van der Waals surface area contributed by atoms with Gasteiger partial charge in [0.1, 0.15) is 0 Å². The lowest BCUT2D eigenvalue weighted by Gasteiger charge is -2.32. The van der Waals surface area contributed by atoms with Crippen molar-refractivity contribution in [2.24, 2.45) is 0 Å². The van der Waals surface area contributed by atoms with E-state index in [9.17, 15) is 4.79 Å². The smallest absolute Gasteiger partial charge is 0.255 e. The van der Waals surface area contributed by atoms with Crippen molar-refractivity contribution in [3.63, 3.8) is 0 Å². The Balaban J connectivity index is 0.00000162. The molecule has 2 rings (SSSR count). The Labute approximate surface area is 119 Å². The van der Waals surface area contributed by atoms with Gasteiger partial charge in [0.25, 0.3) is 5.91 Å². The van der Waals surface area contributed by atoms with Crippen molar-refractivity contribution < 1.29 is 4.79 Å². The molecule has 1 aromatic rings. The first-order chi connectivity index (χ1) is 8.09. The molecule has 5 heteroatoms. The molecule has 1 N–H and O–H groups in total. The second-order valence-corrected chi connectivity index (χ2v) is 4.92. The van der Waals surface area contributed by atoms with Crippen molar-refractivity contribution in [2.45, 2.75) is 19.9 Å². The molecule has 18 heavy (non-hydrogen) atoms. The van der Waals surface area contributed by atoms with Crippen molar-refractivity contribution in [3.8, 4) is 0 Å². The number of benzene rings is 1. The molecule has 0 saturated carbocycles. The first-order valence-electron chi connectivity index (χ1n) is 5.87. The Morgan fingerprint density at radius 1 is 1.50 bits per heavy atom. The summed E-state index contributed by atoms with van der Waals surface area (Å²) in [5.41, 5.74) is 1.56. The van der Waals surface area contributed by atoms with Crippen LogP contribution in [0, 0.1) is 6.92 Å². The predicted molar refractivity (Wildman–Crippen MR) is 76.8 cm³/mol. The number of hydrogen-bond donors (Lipinski definition) is 1. The molecule has 1 aliphatic rings. The minimum atomic E-state index is 0. The summed E-state index contributed by atoms with van der Waals surface area (Å²) in [6.45, 7) is 6.32. The summed E-state index contributed by atoms with van der Waals surface area (Å²) in [6, 6.07) is 5.93. The maximum Gasteiger partial charge on any atom is 0.255 e. The summed E-state index contributed by atoms with van der Waals surface area (Å²) in [5, 5.41) is 3.89. The molecule has 1 saturated heterocycles. The molecule has 0 bridgehead atoms. The van der Waals surface area contributed by atoms with Crippen LogP contribution in [0.4, 0.5) is 0 Å². The fraction of sp³-hybridized carbons (Fsp3) is 0.462. The largest absolute Gasteiger partial charge is 0.336 e. The number of carbonyl (C=O) groups is 1. The predicted octanol–water partition coefficient (Wildman–Crippen LogP) is 2.50.